The number of allylic oxidation sites excluding steroid dienone is 1. The molecule has 0 aromatic heterocycles. The van der Waals surface area contributed by atoms with Crippen molar-refractivity contribution in [3.8, 4) is 0 Å². The number of hydrogen-bond acceptors (Lipinski definition) is 0. The quantitative estimate of drug-likeness (QED) is 0.216. The predicted molar refractivity (Wildman–Crippen MR) is 167 cm³/mol. The second kappa shape index (κ2) is 8.93. The summed E-state index contributed by atoms with van der Waals surface area (Å²) in [5.74, 6) is 0.395. The van der Waals surface area contributed by atoms with E-state index in [1.807, 2.05) is 0 Å². The van der Waals surface area contributed by atoms with E-state index < -0.39 is 0 Å². The number of fused-ring (bicyclic) bond motifs is 1. The Balaban J connectivity index is 1.50. The topological polar surface area (TPSA) is 0 Å². The Hall–Kier alpha value is -4.68. The van der Waals surface area contributed by atoms with E-state index in [-0.39, 0.29) is 17.3 Å². The van der Waals surface area contributed by atoms with Crippen LogP contribution < -0.4 is 0 Å². The van der Waals surface area contributed by atoms with Crippen LogP contribution in [0.15, 0.2) is 152 Å². The highest BCUT2D eigenvalue weighted by Crippen LogP contribution is 2.65. The maximum absolute atomic E-state index is 4.71. The van der Waals surface area contributed by atoms with E-state index in [4.69, 9.17) is 6.58 Å². The molecule has 0 radical (unpaired) electrons. The van der Waals surface area contributed by atoms with Gasteiger partial charge >= 0.3 is 0 Å². The summed E-state index contributed by atoms with van der Waals surface area (Å²) < 4.78 is 0. The van der Waals surface area contributed by atoms with Gasteiger partial charge in [-0.05, 0) is 67.3 Å². The van der Waals surface area contributed by atoms with Crippen molar-refractivity contribution in [1.82, 2.24) is 0 Å². The zero-order chi connectivity index (χ0) is 26.7. The van der Waals surface area contributed by atoms with Gasteiger partial charge in [-0.2, -0.15) is 0 Å². The molecule has 6 aromatic carbocycles. The summed E-state index contributed by atoms with van der Waals surface area (Å²) in [5.41, 5.74) is 12.1. The Bertz CT molecular complexity index is 1790. The molecule has 2 bridgehead atoms. The molecule has 0 N–H and O–H groups in total. The van der Waals surface area contributed by atoms with E-state index in [2.05, 4.69) is 146 Å². The second-order valence-electron chi connectivity index (χ2n) is 11.3. The highest BCUT2D eigenvalue weighted by molar-refractivity contribution is 5.88. The zero-order valence-corrected chi connectivity index (χ0v) is 22.4. The van der Waals surface area contributed by atoms with Gasteiger partial charge < -0.3 is 0 Å². The van der Waals surface area contributed by atoms with Crippen molar-refractivity contribution < 1.29 is 0 Å². The van der Waals surface area contributed by atoms with Crippen molar-refractivity contribution in [3.05, 3.63) is 197 Å². The molecular weight excluding hydrogens is 480 g/mol. The van der Waals surface area contributed by atoms with E-state index >= 15 is 0 Å². The van der Waals surface area contributed by atoms with Crippen LogP contribution in [0.1, 0.15) is 62.8 Å². The number of hydrogen-bond donors (Lipinski definition) is 0. The van der Waals surface area contributed by atoms with Crippen molar-refractivity contribution in [2.24, 2.45) is 0 Å². The maximum Gasteiger partial charge on any atom is 0.0532 e. The van der Waals surface area contributed by atoms with Crippen molar-refractivity contribution in [2.75, 3.05) is 0 Å². The first kappa shape index (κ1) is 23.2. The second-order valence-corrected chi connectivity index (χ2v) is 11.3. The van der Waals surface area contributed by atoms with Crippen LogP contribution in [0, 0.1) is 0 Å². The van der Waals surface area contributed by atoms with Crippen molar-refractivity contribution in [1.29, 1.82) is 0 Å². The van der Waals surface area contributed by atoms with E-state index in [9.17, 15) is 0 Å². The fourth-order valence-electron chi connectivity index (χ4n) is 7.91. The first-order valence-electron chi connectivity index (χ1n) is 14.3. The van der Waals surface area contributed by atoms with Gasteiger partial charge in [-0.25, -0.2) is 0 Å². The molecule has 0 saturated heterocycles. The molecule has 40 heavy (non-hydrogen) atoms. The van der Waals surface area contributed by atoms with Crippen molar-refractivity contribution in [2.45, 2.75) is 23.7 Å². The summed E-state index contributed by atoms with van der Waals surface area (Å²) >= 11 is 0. The van der Waals surface area contributed by atoms with Gasteiger partial charge in [0.05, 0.1) is 5.41 Å². The summed E-state index contributed by atoms with van der Waals surface area (Å²) in [6.45, 7) is 4.71. The summed E-state index contributed by atoms with van der Waals surface area (Å²) in [4.78, 5) is 0. The summed E-state index contributed by atoms with van der Waals surface area (Å²) in [7, 11) is 0. The highest BCUT2D eigenvalue weighted by Gasteiger charge is 2.55. The SMILES string of the molecule is C=C(CC(c1cccc2ccccc12)C12c3ccccc3C(c3ccccc31)c1ccccc12)c1ccccc1. The fourth-order valence-corrected chi connectivity index (χ4v) is 7.91. The minimum absolute atomic E-state index is 0.135. The third-order valence-corrected chi connectivity index (χ3v) is 9.44. The molecule has 3 aliphatic carbocycles. The van der Waals surface area contributed by atoms with Gasteiger partial charge in [0.25, 0.3) is 0 Å². The lowest BCUT2D eigenvalue weighted by molar-refractivity contribution is 0.447. The third kappa shape index (κ3) is 3.14. The molecule has 6 aromatic rings. The Labute approximate surface area is 236 Å². The zero-order valence-electron chi connectivity index (χ0n) is 22.4. The lowest BCUT2D eigenvalue weighted by Crippen LogP contribution is -2.46. The lowest BCUT2D eigenvalue weighted by atomic mass is 9.47. The van der Waals surface area contributed by atoms with Gasteiger partial charge in [-0.3, -0.25) is 0 Å². The fraction of sp³-hybridized carbons (Fsp3) is 0.100. The van der Waals surface area contributed by atoms with Gasteiger partial charge in [0, 0.05) is 11.8 Å². The van der Waals surface area contributed by atoms with Crippen LogP contribution in [0.3, 0.4) is 0 Å². The van der Waals surface area contributed by atoms with E-state index in [1.54, 1.807) is 0 Å². The maximum atomic E-state index is 4.71. The molecule has 0 saturated carbocycles. The molecule has 0 heteroatoms. The van der Waals surface area contributed by atoms with Crippen LogP contribution in [0.4, 0.5) is 0 Å². The number of rotatable bonds is 5. The van der Waals surface area contributed by atoms with E-state index in [1.165, 1.54) is 60.9 Å². The molecule has 3 aliphatic rings. The average Bonchev–Trinajstić information content (AvgIpc) is 3.03. The molecule has 1 unspecified atom stereocenters. The monoisotopic (exact) mass is 510 g/mol. The minimum atomic E-state index is -0.347. The Morgan fingerprint density at radius 3 is 1.68 bits per heavy atom. The van der Waals surface area contributed by atoms with Crippen molar-refractivity contribution in [3.63, 3.8) is 0 Å². The van der Waals surface area contributed by atoms with Gasteiger partial charge in [0.15, 0.2) is 0 Å². The molecular formula is C40H30. The largest absolute Gasteiger partial charge is 0.0952 e. The molecule has 190 valence electrons. The van der Waals surface area contributed by atoms with Crippen LogP contribution in [-0.2, 0) is 5.41 Å². The van der Waals surface area contributed by atoms with Gasteiger partial charge in [-0.1, -0.05) is 152 Å². The van der Waals surface area contributed by atoms with Crippen LogP contribution >= 0.6 is 0 Å². The smallest absolute Gasteiger partial charge is 0.0532 e. The third-order valence-electron chi connectivity index (χ3n) is 9.44. The molecule has 0 aliphatic heterocycles. The van der Waals surface area contributed by atoms with Crippen LogP contribution in [0.2, 0.25) is 0 Å². The molecule has 0 nitrogen and oxygen atoms in total. The van der Waals surface area contributed by atoms with E-state index in [0.717, 1.165) is 6.42 Å². The van der Waals surface area contributed by atoms with Crippen LogP contribution in [0.5, 0.6) is 0 Å². The molecule has 0 heterocycles. The summed E-state index contributed by atoms with van der Waals surface area (Å²) in [6.07, 6.45) is 0.847. The van der Waals surface area contributed by atoms with Gasteiger partial charge in [0.1, 0.15) is 0 Å². The van der Waals surface area contributed by atoms with Gasteiger partial charge in [0.2, 0.25) is 0 Å². The molecule has 0 fully saturated rings. The molecule has 0 amide bonds. The van der Waals surface area contributed by atoms with Crippen molar-refractivity contribution >= 4 is 16.3 Å². The standard InChI is InChI=1S/C40H30/c1-27(28-14-3-2-4-15-28)26-38(31-22-13-17-29-16-5-6-18-30(29)31)40-35-23-10-7-19-32(35)39(33-20-8-11-24-36(33)40)34-21-9-12-25-37(34)40/h2-25,38-39H,1,26H2. The van der Waals surface area contributed by atoms with Crippen LogP contribution in [0.25, 0.3) is 16.3 Å². The Kier molecular flexibility index (Phi) is 5.19. The number of benzene rings is 6. The minimum Gasteiger partial charge on any atom is -0.0952 e. The lowest BCUT2D eigenvalue weighted by Gasteiger charge is -2.54. The molecule has 1 atom stereocenters. The van der Waals surface area contributed by atoms with Crippen LogP contribution in [-0.4, -0.2) is 0 Å². The summed E-state index contributed by atoms with van der Waals surface area (Å²) in [5, 5.41) is 2.61. The Morgan fingerprint density at radius 2 is 1.05 bits per heavy atom. The Morgan fingerprint density at radius 1 is 0.550 bits per heavy atom. The average molecular weight is 511 g/mol. The predicted octanol–water partition coefficient (Wildman–Crippen LogP) is 9.87. The normalized spacial score (nSPS) is 18.9. The first-order chi connectivity index (χ1) is 19.8. The molecule has 9 rings (SSSR count). The van der Waals surface area contributed by atoms with E-state index in [0.29, 0.717) is 0 Å². The van der Waals surface area contributed by atoms with Gasteiger partial charge in [-0.15, -0.1) is 0 Å². The first-order valence-corrected chi connectivity index (χ1v) is 14.3. The highest BCUT2D eigenvalue weighted by atomic mass is 14.6. The summed E-state index contributed by atoms with van der Waals surface area (Å²) in [6, 6.07) is 54.1. The molecule has 0 spiro atoms.